The quantitative estimate of drug-likeness (QED) is 0.595. The van der Waals surface area contributed by atoms with Crippen LogP contribution in [0.25, 0.3) is 21.3 Å². The second-order valence-electron chi connectivity index (χ2n) is 9.43. The number of nitrogens with two attached hydrogens (primary N) is 1. The van der Waals surface area contributed by atoms with Crippen molar-refractivity contribution in [1.29, 1.82) is 0 Å². The van der Waals surface area contributed by atoms with Gasteiger partial charge >= 0.3 is 0 Å². The fraction of sp³-hybridized carbons (Fsp3) is 0.667. The summed E-state index contributed by atoms with van der Waals surface area (Å²) in [6.45, 7) is 7.35. The van der Waals surface area contributed by atoms with Crippen LogP contribution in [-0.2, 0) is 17.7 Å². The molecule has 2 fully saturated rings. The highest BCUT2D eigenvalue weighted by molar-refractivity contribution is 7.20. The van der Waals surface area contributed by atoms with Crippen molar-refractivity contribution in [3.05, 3.63) is 16.8 Å². The molecule has 5 rings (SSSR count). The molecule has 0 aromatic carbocycles. The largest absolute Gasteiger partial charge is 0.382 e. The molecule has 5 heterocycles. The normalized spacial score (nSPS) is 19.7. The van der Waals surface area contributed by atoms with Crippen LogP contribution in [0.5, 0.6) is 0 Å². The summed E-state index contributed by atoms with van der Waals surface area (Å²) in [6, 6.07) is 2.31. The monoisotopic (exact) mass is 441 g/mol. The Hall–Kier alpha value is -1.70. The van der Waals surface area contributed by atoms with Crippen molar-refractivity contribution in [2.45, 2.75) is 64.3 Å². The van der Waals surface area contributed by atoms with E-state index in [2.05, 4.69) is 29.5 Å². The molecule has 2 N–H and O–H groups in total. The van der Waals surface area contributed by atoms with Crippen LogP contribution in [0.3, 0.4) is 0 Å². The molecule has 0 unspecified atom stereocenters. The van der Waals surface area contributed by atoms with Crippen LogP contribution in [0.2, 0.25) is 0 Å². The zero-order valence-electron chi connectivity index (χ0n) is 18.9. The van der Waals surface area contributed by atoms with E-state index in [0.29, 0.717) is 17.7 Å². The van der Waals surface area contributed by atoms with Crippen LogP contribution in [0.1, 0.15) is 62.1 Å². The summed E-state index contributed by atoms with van der Waals surface area (Å²) in [5.74, 6) is 3.04. The fourth-order valence-electron chi connectivity index (χ4n) is 5.15. The van der Waals surface area contributed by atoms with Crippen molar-refractivity contribution >= 4 is 38.4 Å². The second-order valence-corrected chi connectivity index (χ2v) is 10.5. The van der Waals surface area contributed by atoms with Gasteiger partial charge in [0.2, 0.25) is 0 Å². The van der Waals surface area contributed by atoms with Crippen molar-refractivity contribution in [3.8, 4) is 0 Å². The van der Waals surface area contributed by atoms with Crippen molar-refractivity contribution in [2.24, 2.45) is 5.92 Å². The molecule has 2 saturated heterocycles. The molecule has 2 aliphatic rings. The molecule has 0 atom stereocenters. The molecule has 0 spiro atoms. The van der Waals surface area contributed by atoms with Gasteiger partial charge in [0.05, 0.1) is 15.7 Å². The van der Waals surface area contributed by atoms with Gasteiger partial charge in [-0.05, 0) is 70.1 Å². The molecule has 0 amide bonds. The number of likely N-dealkylation sites (tertiary alicyclic amines) is 1. The van der Waals surface area contributed by atoms with Crippen LogP contribution in [0.4, 0.5) is 5.82 Å². The number of imidazole rings is 1. The lowest BCUT2D eigenvalue weighted by Crippen LogP contribution is -2.28. The SMILES string of the molecule is CCCCc1nc2c(N)nc3cc(C4CCN(C)CC4)sc3c2n1CC1CCOCC1. The van der Waals surface area contributed by atoms with E-state index < -0.39 is 0 Å². The molecule has 168 valence electrons. The molecule has 7 heteroatoms. The van der Waals surface area contributed by atoms with Crippen LogP contribution < -0.4 is 5.73 Å². The number of pyridine rings is 1. The number of fused-ring (bicyclic) bond motifs is 3. The third-order valence-electron chi connectivity index (χ3n) is 7.13. The van der Waals surface area contributed by atoms with Gasteiger partial charge in [-0.3, -0.25) is 0 Å². The molecular formula is C24H35N5OS. The van der Waals surface area contributed by atoms with Crippen LogP contribution in [-0.4, -0.2) is 52.8 Å². The predicted molar refractivity (Wildman–Crippen MR) is 129 cm³/mol. The average molecular weight is 442 g/mol. The van der Waals surface area contributed by atoms with E-state index in [1.54, 1.807) is 0 Å². The van der Waals surface area contributed by atoms with Gasteiger partial charge in [0, 0.05) is 31.1 Å². The van der Waals surface area contributed by atoms with Gasteiger partial charge in [0.1, 0.15) is 11.3 Å². The molecule has 3 aromatic rings. The van der Waals surface area contributed by atoms with Gasteiger partial charge in [0.25, 0.3) is 0 Å². The topological polar surface area (TPSA) is 69.2 Å². The zero-order valence-corrected chi connectivity index (χ0v) is 19.7. The molecule has 3 aromatic heterocycles. The number of thiophene rings is 1. The Bertz CT molecular complexity index is 1040. The number of rotatable bonds is 6. The number of hydrogen-bond acceptors (Lipinski definition) is 6. The molecule has 6 nitrogen and oxygen atoms in total. The van der Waals surface area contributed by atoms with Gasteiger partial charge in [-0.2, -0.15) is 0 Å². The highest BCUT2D eigenvalue weighted by Crippen LogP contribution is 2.40. The smallest absolute Gasteiger partial charge is 0.152 e. The van der Waals surface area contributed by atoms with E-state index in [1.165, 1.54) is 53.3 Å². The van der Waals surface area contributed by atoms with Gasteiger partial charge in [-0.25, -0.2) is 9.97 Å². The summed E-state index contributed by atoms with van der Waals surface area (Å²) >= 11 is 1.93. The Balaban J connectivity index is 1.60. The molecule has 31 heavy (non-hydrogen) atoms. The summed E-state index contributed by atoms with van der Waals surface area (Å²) < 4.78 is 9.39. The first kappa shape index (κ1) is 21.2. The van der Waals surface area contributed by atoms with Gasteiger partial charge in [-0.15, -0.1) is 11.3 Å². The van der Waals surface area contributed by atoms with Gasteiger partial charge in [0.15, 0.2) is 5.82 Å². The standard InChI is InChI=1S/C24H35N5OS/c1-3-4-5-20-27-21-22(29(20)15-16-8-12-30-13-9-16)23-18(26-24(21)25)14-19(31-23)17-6-10-28(2)11-7-17/h14,16-17H,3-13,15H2,1-2H3,(H2,25,26). The Morgan fingerprint density at radius 3 is 2.68 bits per heavy atom. The Morgan fingerprint density at radius 2 is 1.94 bits per heavy atom. The van der Waals surface area contributed by atoms with Crippen molar-refractivity contribution < 1.29 is 4.74 Å². The molecule has 0 aliphatic carbocycles. The average Bonchev–Trinajstić information content (AvgIpc) is 3.35. The maximum absolute atomic E-state index is 6.46. The number of hydrogen-bond donors (Lipinski definition) is 1. The van der Waals surface area contributed by atoms with E-state index in [4.69, 9.17) is 20.4 Å². The van der Waals surface area contributed by atoms with Crippen molar-refractivity contribution in [1.82, 2.24) is 19.4 Å². The van der Waals surface area contributed by atoms with Crippen molar-refractivity contribution in [3.63, 3.8) is 0 Å². The second kappa shape index (κ2) is 9.04. The van der Waals surface area contributed by atoms with E-state index in [9.17, 15) is 0 Å². The van der Waals surface area contributed by atoms with E-state index in [-0.39, 0.29) is 0 Å². The minimum absolute atomic E-state index is 0.582. The van der Waals surface area contributed by atoms with Crippen molar-refractivity contribution in [2.75, 3.05) is 39.1 Å². The Morgan fingerprint density at radius 1 is 1.16 bits per heavy atom. The van der Waals surface area contributed by atoms with E-state index in [1.807, 2.05) is 11.3 Å². The number of piperidine rings is 1. The molecular weight excluding hydrogens is 406 g/mol. The molecule has 0 bridgehead atoms. The summed E-state index contributed by atoms with van der Waals surface area (Å²) in [5.41, 5.74) is 9.65. The maximum atomic E-state index is 6.46. The number of nitrogen functional groups attached to an aromatic ring is 1. The van der Waals surface area contributed by atoms with Gasteiger partial charge in [-0.1, -0.05) is 13.3 Å². The number of unbranched alkanes of at least 4 members (excludes halogenated alkanes) is 1. The summed E-state index contributed by atoms with van der Waals surface area (Å²) in [6.07, 6.45) is 8.03. The lowest BCUT2D eigenvalue weighted by molar-refractivity contribution is 0.0613. The molecule has 0 saturated carbocycles. The zero-order chi connectivity index (χ0) is 21.4. The van der Waals surface area contributed by atoms with E-state index in [0.717, 1.165) is 56.5 Å². The van der Waals surface area contributed by atoms with Crippen LogP contribution >= 0.6 is 11.3 Å². The summed E-state index contributed by atoms with van der Waals surface area (Å²) in [4.78, 5) is 13.7. The van der Waals surface area contributed by atoms with Gasteiger partial charge < -0.3 is 19.9 Å². The Kier molecular flexibility index (Phi) is 6.17. The first-order chi connectivity index (χ1) is 15.1. The predicted octanol–water partition coefficient (Wildman–Crippen LogP) is 4.81. The Labute approximate surface area is 188 Å². The van der Waals surface area contributed by atoms with E-state index >= 15 is 0 Å². The first-order valence-electron chi connectivity index (χ1n) is 12.0. The third-order valence-corrected chi connectivity index (χ3v) is 8.43. The fourth-order valence-corrected chi connectivity index (χ4v) is 6.47. The number of aryl methyl sites for hydroxylation is 1. The number of aromatic nitrogens is 3. The number of anilines is 1. The molecule has 0 radical (unpaired) electrons. The maximum Gasteiger partial charge on any atom is 0.152 e. The minimum atomic E-state index is 0.582. The summed E-state index contributed by atoms with van der Waals surface area (Å²) in [5, 5.41) is 0. The first-order valence-corrected chi connectivity index (χ1v) is 12.8. The number of nitrogens with zero attached hydrogens (tertiary/aromatic N) is 4. The third kappa shape index (κ3) is 4.20. The highest BCUT2D eigenvalue weighted by Gasteiger charge is 2.25. The highest BCUT2D eigenvalue weighted by atomic mass is 32.1. The number of ether oxygens (including phenoxy) is 1. The lowest BCUT2D eigenvalue weighted by atomic mass is 9.95. The minimum Gasteiger partial charge on any atom is -0.382 e. The van der Waals surface area contributed by atoms with Crippen LogP contribution in [0, 0.1) is 5.92 Å². The van der Waals surface area contributed by atoms with Crippen LogP contribution in [0.15, 0.2) is 6.07 Å². The molecule has 2 aliphatic heterocycles. The lowest BCUT2D eigenvalue weighted by Gasteiger charge is -2.28. The summed E-state index contributed by atoms with van der Waals surface area (Å²) in [7, 11) is 2.22.